The number of halogens is 1. The third kappa shape index (κ3) is 3.58. The minimum atomic E-state index is -0.539. The van der Waals surface area contributed by atoms with Crippen LogP contribution in [0, 0.1) is 0 Å². The highest BCUT2D eigenvalue weighted by Crippen LogP contribution is 2.20. The summed E-state index contributed by atoms with van der Waals surface area (Å²) in [6.45, 7) is 2.54. The average Bonchev–Trinajstić information content (AvgIpc) is 2.76. The molecule has 0 bridgehead atoms. The SMILES string of the molecule is CCc1nn(C)cc1NCC(O)c1cccc(Br)c1. The van der Waals surface area contributed by atoms with Crippen molar-refractivity contribution in [3.8, 4) is 0 Å². The van der Waals surface area contributed by atoms with Gasteiger partial charge in [-0.25, -0.2) is 0 Å². The summed E-state index contributed by atoms with van der Waals surface area (Å²) in [5.74, 6) is 0. The fourth-order valence-corrected chi connectivity index (χ4v) is 2.40. The summed E-state index contributed by atoms with van der Waals surface area (Å²) >= 11 is 3.41. The lowest BCUT2D eigenvalue weighted by Gasteiger charge is -2.13. The van der Waals surface area contributed by atoms with Crippen LogP contribution in [-0.4, -0.2) is 21.4 Å². The third-order valence-electron chi connectivity index (χ3n) is 2.96. The number of aromatic nitrogens is 2. The van der Waals surface area contributed by atoms with Gasteiger partial charge in [-0.15, -0.1) is 0 Å². The first-order valence-corrected chi connectivity index (χ1v) is 7.09. The number of nitrogens with one attached hydrogen (secondary N) is 1. The fourth-order valence-electron chi connectivity index (χ4n) is 1.98. The van der Waals surface area contributed by atoms with Gasteiger partial charge in [0.05, 0.1) is 17.5 Å². The van der Waals surface area contributed by atoms with Crippen molar-refractivity contribution in [2.24, 2.45) is 7.05 Å². The van der Waals surface area contributed by atoms with Crippen LogP contribution >= 0.6 is 15.9 Å². The van der Waals surface area contributed by atoms with E-state index in [0.29, 0.717) is 6.54 Å². The molecular formula is C14H18BrN3O. The van der Waals surface area contributed by atoms with Gasteiger partial charge in [-0.05, 0) is 24.1 Å². The lowest BCUT2D eigenvalue weighted by Crippen LogP contribution is -2.12. The van der Waals surface area contributed by atoms with E-state index in [0.717, 1.165) is 27.8 Å². The molecule has 0 amide bonds. The zero-order valence-corrected chi connectivity index (χ0v) is 12.7. The molecule has 0 spiro atoms. The second kappa shape index (κ2) is 6.21. The van der Waals surface area contributed by atoms with Crippen LogP contribution in [0.5, 0.6) is 0 Å². The molecule has 102 valence electrons. The normalized spacial score (nSPS) is 12.4. The Hall–Kier alpha value is -1.33. The van der Waals surface area contributed by atoms with Crippen molar-refractivity contribution in [3.63, 3.8) is 0 Å². The van der Waals surface area contributed by atoms with Crippen LogP contribution in [0.1, 0.15) is 24.3 Å². The Kier molecular flexibility index (Phi) is 4.61. The summed E-state index contributed by atoms with van der Waals surface area (Å²) in [7, 11) is 1.90. The molecule has 2 N–H and O–H groups in total. The van der Waals surface area contributed by atoms with E-state index >= 15 is 0 Å². The molecule has 1 aromatic heterocycles. The van der Waals surface area contributed by atoms with Gasteiger partial charge in [-0.2, -0.15) is 5.10 Å². The van der Waals surface area contributed by atoms with E-state index in [1.165, 1.54) is 0 Å². The molecule has 2 rings (SSSR count). The largest absolute Gasteiger partial charge is 0.387 e. The van der Waals surface area contributed by atoms with Crippen molar-refractivity contribution >= 4 is 21.6 Å². The Morgan fingerprint density at radius 2 is 2.26 bits per heavy atom. The van der Waals surface area contributed by atoms with E-state index in [2.05, 4.69) is 33.3 Å². The number of hydrogen-bond donors (Lipinski definition) is 2. The van der Waals surface area contributed by atoms with Gasteiger partial charge < -0.3 is 10.4 Å². The van der Waals surface area contributed by atoms with Crippen molar-refractivity contribution in [2.75, 3.05) is 11.9 Å². The Bertz CT molecular complexity index is 553. The number of aryl methyl sites for hydroxylation is 2. The Morgan fingerprint density at radius 3 is 2.95 bits per heavy atom. The molecule has 0 saturated heterocycles. The minimum Gasteiger partial charge on any atom is -0.387 e. The third-order valence-corrected chi connectivity index (χ3v) is 3.45. The molecule has 1 heterocycles. The molecule has 19 heavy (non-hydrogen) atoms. The fraction of sp³-hybridized carbons (Fsp3) is 0.357. The molecule has 0 aliphatic rings. The summed E-state index contributed by atoms with van der Waals surface area (Å²) in [6.07, 6.45) is 2.27. The highest BCUT2D eigenvalue weighted by molar-refractivity contribution is 9.10. The van der Waals surface area contributed by atoms with Crippen molar-refractivity contribution in [1.82, 2.24) is 9.78 Å². The second-order valence-corrected chi connectivity index (χ2v) is 5.38. The highest BCUT2D eigenvalue weighted by Gasteiger charge is 2.10. The van der Waals surface area contributed by atoms with Crippen molar-refractivity contribution in [1.29, 1.82) is 0 Å². The van der Waals surface area contributed by atoms with Crippen LogP contribution in [-0.2, 0) is 13.5 Å². The monoisotopic (exact) mass is 323 g/mol. The van der Waals surface area contributed by atoms with Gasteiger partial charge in [0.2, 0.25) is 0 Å². The van der Waals surface area contributed by atoms with Crippen LogP contribution in [0.25, 0.3) is 0 Å². The van der Waals surface area contributed by atoms with E-state index in [9.17, 15) is 5.11 Å². The summed E-state index contributed by atoms with van der Waals surface area (Å²) in [4.78, 5) is 0. The Labute approximate surface area is 121 Å². The first-order valence-electron chi connectivity index (χ1n) is 6.30. The summed E-state index contributed by atoms with van der Waals surface area (Å²) in [5.41, 5.74) is 2.90. The number of nitrogens with zero attached hydrogens (tertiary/aromatic N) is 2. The van der Waals surface area contributed by atoms with E-state index < -0.39 is 6.10 Å². The lowest BCUT2D eigenvalue weighted by molar-refractivity contribution is 0.191. The lowest BCUT2D eigenvalue weighted by atomic mass is 10.1. The van der Waals surface area contributed by atoms with Crippen LogP contribution in [0.3, 0.4) is 0 Å². The molecule has 1 unspecified atom stereocenters. The molecule has 2 aromatic rings. The first kappa shape index (κ1) is 14.1. The smallest absolute Gasteiger partial charge is 0.0962 e. The predicted molar refractivity (Wildman–Crippen MR) is 80.2 cm³/mol. The van der Waals surface area contributed by atoms with Crippen LogP contribution in [0.15, 0.2) is 34.9 Å². The quantitative estimate of drug-likeness (QED) is 0.889. The maximum atomic E-state index is 10.2. The molecule has 0 aliphatic carbocycles. The Balaban J connectivity index is 2.02. The van der Waals surface area contributed by atoms with Gasteiger partial charge in [-0.3, -0.25) is 4.68 Å². The van der Waals surface area contributed by atoms with E-state index in [1.54, 1.807) is 4.68 Å². The highest BCUT2D eigenvalue weighted by atomic mass is 79.9. The van der Waals surface area contributed by atoms with Gasteiger partial charge in [0.25, 0.3) is 0 Å². The van der Waals surface area contributed by atoms with Crippen LogP contribution in [0.2, 0.25) is 0 Å². The number of aliphatic hydroxyl groups is 1. The standard InChI is InChI=1S/C14H18BrN3O/c1-3-12-13(9-18(2)17-12)16-8-14(19)10-5-4-6-11(15)7-10/h4-7,9,14,16,19H,3,8H2,1-2H3. The zero-order chi connectivity index (χ0) is 13.8. The number of hydrogen-bond acceptors (Lipinski definition) is 3. The van der Waals surface area contributed by atoms with Gasteiger partial charge in [0.1, 0.15) is 0 Å². The molecule has 4 nitrogen and oxygen atoms in total. The molecule has 5 heteroatoms. The topological polar surface area (TPSA) is 50.1 Å². The van der Waals surface area contributed by atoms with E-state index in [1.807, 2.05) is 37.5 Å². The zero-order valence-electron chi connectivity index (χ0n) is 11.1. The van der Waals surface area contributed by atoms with Crippen molar-refractivity contribution < 1.29 is 5.11 Å². The second-order valence-electron chi connectivity index (χ2n) is 4.47. The average molecular weight is 324 g/mol. The van der Waals surface area contributed by atoms with E-state index in [4.69, 9.17) is 0 Å². The number of rotatable bonds is 5. The van der Waals surface area contributed by atoms with Crippen molar-refractivity contribution in [3.05, 3.63) is 46.2 Å². The Morgan fingerprint density at radius 1 is 1.47 bits per heavy atom. The van der Waals surface area contributed by atoms with Crippen LogP contribution in [0.4, 0.5) is 5.69 Å². The van der Waals surface area contributed by atoms with Crippen LogP contribution < -0.4 is 5.32 Å². The van der Waals surface area contributed by atoms with Crippen molar-refractivity contribution in [2.45, 2.75) is 19.4 Å². The summed E-state index contributed by atoms with van der Waals surface area (Å²) in [5, 5.41) is 17.8. The molecule has 1 aromatic carbocycles. The first-order chi connectivity index (χ1) is 9.10. The van der Waals surface area contributed by atoms with Gasteiger partial charge in [0.15, 0.2) is 0 Å². The van der Waals surface area contributed by atoms with Gasteiger partial charge in [0, 0.05) is 24.3 Å². The number of anilines is 1. The summed E-state index contributed by atoms with van der Waals surface area (Å²) in [6, 6.07) is 7.71. The molecule has 1 atom stereocenters. The molecule has 0 aliphatic heterocycles. The van der Waals surface area contributed by atoms with E-state index in [-0.39, 0.29) is 0 Å². The van der Waals surface area contributed by atoms with Gasteiger partial charge in [-0.1, -0.05) is 35.0 Å². The predicted octanol–water partition coefficient (Wildman–Crippen LogP) is 2.89. The molecular weight excluding hydrogens is 306 g/mol. The molecule has 0 saturated carbocycles. The maximum Gasteiger partial charge on any atom is 0.0962 e. The number of aliphatic hydroxyl groups excluding tert-OH is 1. The molecule has 0 fully saturated rings. The maximum absolute atomic E-state index is 10.2. The number of benzene rings is 1. The summed E-state index contributed by atoms with van der Waals surface area (Å²) < 4.78 is 2.76. The van der Waals surface area contributed by atoms with Gasteiger partial charge >= 0.3 is 0 Å². The minimum absolute atomic E-state index is 0.467. The molecule has 0 radical (unpaired) electrons.